The fraction of sp³-hybridized carbons (Fsp3) is 0. The van der Waals surface area contributed by atoms with Crippen molar-refractivity contribution in [3.05, 3.63) is 48.8 Å². The van der Waals surface area contributed by atoms with Crippen LogP contribution in [0.4, 0.5) is 11.6 Å². The number of benzene rings is 1. The predicted molar refractivity (Wildman–Crippen MR) is 61.5 cm³/mol. The Morgan fingerprint density at radius 1 is 1.00 bits per heavy atom. The van der Waals surface area contributed by atoms with Crippen molar-refractivity contribution in [2.24, 2.45) is 0 Å². The minimum absolute atomic E-state index is 0.654. The van der Waals surface area contributed by atoms with E-state index in [-0.39, 0.29) is 0 Å². The molecule has 0 spiro atoms. The molecule has 0 amide bonds. The lowest BCUT2D eigenvalue weighted by Gasteiger charge is -2.00. The summed E-state index contributed by atoms with van der Waals surface area (Å²) < 4.78 is 5.24. The van der Waals surface area contributed by atoms with Crippen LogP contribution in [-0.4, -0.2) is 10.1 Å². The van der Waals surface area contributed by atoms with Crippen LogP contribution in [0.1, 0.15) is 0 Å². The van der Waals surface area contributed by atoms with Crippen LogP contribution < -0.4 is 5.32 Å². The minimum Gasteiger partial charge on any atom is -0.337 e. The highest BCUT2D eigenvalue weighted by Gasteiger charge is 2.06. The highest BCUT2D eigenvalue weighted by Crippen LogP contribution is 2.25. The van der Waals surface area contributed by atoms with Crippen molar-refractivity contribution in [1.82, 2.24) is 10.1 Å². The molecule has 0 fully saturated rings. The topological polar surface area (TPSA) is 51.0 Å². The number of aromatic nitrogens is 2. The van der Waals surface area contributed by atoms with E-state index in [2.05, 4.69) is 15.5 Å². The fourth-order valence-electron chi connectivity index (χ4n) is 1.55. The van der Waals surface area contributed by atoms with Gasteiger partial charge >= 0.3 is 0 Å². The molecule has 0 aliphatic heterocycles. The lowest BCUT2D eigenvalue weighted by atomic mass is 10.2. The van der Waals surface area contributed by atoms with Gasteiger partial charge in [0, 0.05) is 18.1 Å². The average molecular weight is 211 g/mol. The van der Waals surface area contributed by atoms with E-state index in [1.807, 2.05) is 36.4 Å². The van der Waals surface area contributed by atoms with Crippen molar-refractivity contribution >= 4 is 22.5 Å². The summed E-state index contributed by atoms with van der Waals surface area (Å²) in [5.74, 6) is 0.654. The monoisotopic (exact) mass is 211 g/mol. The minimum atomic E-state index is 0.654. The second kappa shape index (κ2) is 3.66. The summed E-state index contributed by atoms with van der Waals surface area (Å²) in [6, 6.07) is 11.5. The zero-order valence-electron chi connectivity index (χ0n) is 8.42. The van der Waals surface area contributed by atoms with Crippen molar-refractivity contribution in [3.8, 4) is 0 Å². The van der Waals surface area contributed by atoms with Crippen molar-refractivity contribution in [3.63, 3.8) is 0 Å². The summed E-state index contributed by atoms with van der Waals surface area (Å²) in [4.78, 5) is 3.95. The molecule has 0 unspecified atom stereocenters. The Morgan fingerprint density at radius 2 is 1.81 bits per heavy atom. The maximum atomic E-state index is 5.24. The van der Waals surface area contributed by atoms with E-state index in [0.717, 1.165) is 16.6 Å². The van der Waals surface area contributed by atoms with Gasteiger partial charge in [-0.25, -0.2) is 0 Å². The standard InChI is InChI=1S/C12H9N3O/c1-2-4-11-10(3-1)12(16-15-11)14-9-5-7-13-8-6-9/h1-8H,(H,13,14). The van der Waals surface area contributed by atoms with E-state index in [1.54, 1.807) is 12.4 Å². The Labute approximate surface area is 91.9 Å². The first-order valence-electron chi connectivity index (χ1n) is 4.95. The molecule has 1 aromatic carbocycles. The van der Waals surface area contributed by atoms with Crippen LogP contribution in [0, 0.1) is 0 Å². The van der Waals surface area contributed by atoms with E-state index in [1.165, 1.54) is 0 Å². The lowest BCUT2D eigenvalue weighted by Crippen LogP contribution is -1.88. The first kappa shape index (κ1) is 8.91. The Hall–Kier alpha value is -2.36. The van der Waals surface area contributed by atoms with Crippen LogP contribution in [0.25, 0.3) is 10.9 Å². The van der Waals surface area contributed by atoms with Gasteiger partial charge in [-0.2, -0.15) is 0 Å². The van der Waals surface area contributed by atoms with Crippen LogP contribution in [0.3, 0.4) is 0 Å². The van der Waals surface area contributed by atoms with E-state index < -0.39 is 0 Å². The van der Waals surface area contributed by atoms with E-state index in [0.29, 0.717) is 5.88 Å². The van der Waals surface area contributed by atoms with Crippen LogP contribution >= 0.6 is 0 Å². The van der Waals surface area contributed by atoms with Crippen LogP contribution in [-0.2, 0) is 0 Å². The summed E-state index contributed by atoms with van der Waals surface area (Å²) in [7, 11) is 0. The van der Waals surface area contributed by atoms with Crippen LogP contribution in [0.5, 0.6) is 0 Å². The third-order valence-corrected chi connectivity index (χ3v) is 2.32. The second-order valence-corrected chi connectivity index (χ2v) is 3.39. The van der Waals surface area contributed by atoms with Crippen molar-refractivity contribution in [1.29, 1.82) is 0 Å². The highest BCUT2D eigenvalue weighted by atomic mass is 16.5. The normalized spacial score (nSPS) is 10.5. The molecule has 4 nitrogen and oxygen atoms in total. The molecule has 16 heavy (non-hydrogen) atoms. The molecular weight excluding hydrogens is 202 g/mol. The molecule has 0 saturated heterocycles. The van der Waals surface area contributed by atoms with Gasteiger partial charge in [0.1, 0.15) is 5.52 Å². The van der Waals surface area contributed by atoms with E-state index in [4.69, 9.17) is 4.52 Å². The number of hydrogen-bond acceptors (Lipinski definition) is 4. The number of nitrogens with one attached hydrogen (secondary N) is 1. The Kier molecular flexibility index (Phi) is 2.04. The molecule has 0 atom stereocenters. The highest BCUT2D eigenvalue weighted by molar-refractivity contribution is 5.89. The molecule has 4 heteroatoms. The summed E-state index contributed by atoms with van der Waals surface area (Å²) in [6.07, 6.45) is 3.45. The third kappa shape index (κ3) is 1.50. The van der Waals surface area contributed by atoms with Gasteiger partial charge in [-0.3, -0.25) is 4.98 Å². The largest absolute Gasteiger partial charge is 0.337 e. The van der Waals surface area contributed by atoms with Gasteiger partial charge in [0.2, 0.25) is 5.88 Å². The number of nitrogens with zero attached hydrogens (tertiary/aromatic N) is 2. The Balaban J connectivity index is 2.01. The number of hydrogen-bond donors (Lipinski definition) is 1. The molecule has 1 N–H and O–H groups in total. The van der Waals surface area contributed by atoms with Gasteiger partial charge in [0.15, 0.2) is 0 Å². The number of fused-ring (bicyclic) bond motifs is 1. The Bertz CT molecular complexity index is 604. The zero-order chi connectivity index (χ0) is 10.8. The first-order chi connectivity index (χ1) is 7.93. The molecule has 3 rings (SSSR count). The molecule has 2 aromatic heterocycles. The van der Waals surface area contributed by atoms with Gasteiger partial charge in [-0.05, 0) is 24.3 Å². The maximum absolute atomic E-state index is 5.24. The van der Waals surface area contributed by atoms with Gasteiger partial charge < -0.3 is 9.84 Å². The lowest BCUT2D eigenvalue weighted by molar-refractivity contribution is 0.444. The second-order valence-electron chi connectivity index (χ2n) is 3.39. The molecule has 0 aliphatic carbocycles. The first-order valence-corrected chi connectivity index (χ1v) is 4.95. The molecule has 78 valence electrons. The van der Waals surface area contributed by atoms with Crippen molar-refractivity contribution in [2.45, 2.75) is 0 Å². The van der Waals surface area contributed by atoms with E-state index >= 15 is 0 Å². The molecule has 2 heterocycles. The van der Waals surface area contributed by atoms with Gasteiger partial charge in [0.05, 0.1) is 5.39 Å². The van der Waals surface area contributed by atoms with Crippen molar-refractivity contribution in [2.75, 3.05) is 5.32 Å². The van der Waals surface area contributed by atoms with Crippen molar-refractivity contribution < 1.29 is 4.52 Å². The molecule has 0 saturated carbocycles. The van der Waals surface area contributed by atoms with Crippen LogP contribution in [0.15, 0.2) is 53.3 Å². The number of anilines is 2. The summed E-state index contributed by atoms with van der Waals surface area (Å²) >= 11 is 0. The fourth-order valence-corrected chi connectivity index (χ4v) is 1.55. The van der Waals surface area contributed by atoms with E-state index in [9.17, 15) is 0 Å². The van der Waals surface area contributed by atoms with Gasteiger partial charge in [0.25, 0.3) is 0 Å². The summed E-state index contributed by atoms with van der Waals surface area (Å²) in [6.45, 7) is 0. The number of pyridine rings is 1. The number of rotatable bonds is 2. The Morgan fingerprint density at radius 3 is 2.69 bits per heavy atom. The third-order valence-electron chi connectivity index (χ3n) is 2.32. The maximum Gasteiger partial charge on any atom is 0.236 e. The predicted octanol–water partition coefficient (Wildman–Crippen LogP) is 2.97. The summed E-state index contributed by atoms with van der Waals surface area (Å²) in [5, 5.41) is 8.09. The molecule has 0 bridgehead atoms. The quantitative estimate of drug-likeness (QED) is 0.708. The molecule has 3 aromatic rings. The smallest absolute Gasteiger partial charge is 0.236 e. The average Bonchev–Trinajstić information content (AvgIpc) is 2.74. The van der Waals surface area contributed by atoms with Gasteiger partial charge in [-0.1, -0.05) is 17.3 Å². The summed E-state index contributed by atoms with van der Waals surface area (Å²) in [5.41, 5.74) is 1.77. The van der Waals surface area contributed by atoms with Crippen LogP contribution in [0.2, 0.25) is 0 Å². The zero-order valence-corrected chi connectivity index (χ0v) is 8.42. The SMILES string of the molecule is c1ccc2c(Nc3ccncc3)onc2c1. The molecule has 0 aliphatic rings. The molecular formula is C12H9N3O. The molecule has 0 radical (unpaired) electrons. The van der Waals surface area contributed by atoms with Gasteiger partial charge in [-0.15, -0.1) is 0 Å².